The molecule has 27 heavy (non-hydrogen) atoms. The van der Waals surface area contributed by atoms with Crippen LogP contribution >= 0.6 is 11.3 Å². The van der Waals surface area contributed by atoms with Crippen molar-refractivity contribution in [2.75, 3.05) is 11.9 Å². The van der Waals surface area contributed by atoms with Crippen LogP contribution in [0.5, 0.6) is 0 Å². The summed E-state index contributed by atoms with van der Waals surface area (Å²) >= 11 is 1.28. The summed E-state index contributed by atoms with van der Waals surface area (Å²) in [6.07, 6.45) is -4.62. The Balaban J connectivity index is 1.58. The number of thiazole rings is 1. The summed E-state index contributed by atoms with van der Waals surface area (Å²) in [5, 5.41) is 4.84. The van der Waals surface area contributed by atoms with E-state index in [1.807, 2.05) is 29.6 Å². The first-order chi connectivity index (χ1) is 12.8. The van der Waals surface area contributed by atoms with Crippen LogP contribution in [0, 0.1) is 0 Å². The van der Waals surface area contributed by atoms with E-state index in [1.165, 1.54) is 11.3 Å². The van der Waals surface area contributed by atoms with Crippen molar-refractivity contribution >= 4 is 39.1 Å². The molecule has 0 saturated heterocycles. The van der Waals surface area contributed by atoms with Gasteiger partial charge in [-0.25, -0.2) is 4.98 Å². The molecule has 0 aliphatic heterocycles. The molecule has 3 rings (SSSR count). The zero-order valence-electron chi connectivity index (χ0n) is 13.8. The van der Waals surface area contributed by atoms with E-state index in [4.69, 9.17) is 0 Å². The Morgan fingerprint density at radius 2 is 1.74 bits per heavy atom. The van der Waals surface area contributed by atoms with Gasteiger partial charge in [-0.3, -0.25) is 9.59 Å². The van der Waals surface area contributed by atoms with Crippen LogP contribution in [-0.4, -0.2) is 29.5 Å². The normalized spacial score (nSPS) is 11.4. The Labute approximate surface area is 156 Å². The minimum absolute atomic E-state index is 0.178. The lowest BCUT2D eigenvalue weighted by atomic mass is 10.1. The lowest BCUT2D eigenvalue weighted by Gasteiger charge is -2.09. The third kappa shape index (κ3) is 5.27. The van der Waals surface area contributed by atoms with Gasteiger partial charge in [0.05, 0.1) is 16.6 Å². The molecule has 0 spiro atoms. The molecule has 2 amide bonds. The fraction of sp³-hybridized carbons (Fsp3) is 0.167. The van der Waals surface area contributed by atoms with Crippen LogP contribution in [0.1, 0.15) is 15.4 Å². The number of carbonyl (C=O) groups excluding carboxylic acids is 2. The first-order valence-corrected chi connectivity index (χ1v) is 8.71. The molecule has 2 N–H and O–H groups in total. The number of benzene rings is 2. The van der Waals surface area contributed by atoms with Gasteiger partial charge in [0, 0.05) is 5.69 Å². The van der Waals surface area contributed by atoms with E-state index >= 15 is 0 Å². The van der Waals surface area contributed by atoms with Gasteiger partial charge in [-0.2, -0.15) is 13.2 Å². The molecule has 0 aliphatic rings. The maximum Gasteiger partial charge on any atom is 0.405 e. The molecule has 1 heterocycles. The molecule has 3 aromatic rings. The molecule has 0 radical (unpaired) electrons. The third-order valence-electron chi connectivity index (χ3n) is 3.55. The van der Waals surface area contributed by atoms with Crippen molar-refractivity contribution in [2.45, 2.75) is 12.6 Å². The van der Waals surface area contributed by atoms with Gasteiger partial charge in [-0.15, -0.1) is 11.3 Å². The van der Waals surface area contributed by atoms with E-state index < -0.39 is 18.6 Å². The third-order valence-corrected chi connectivity index (χ3v) is 4.59. The standard InChI is InChI=1S/C18H14F3N3O2S/c19-18(20,21)10-22-15(25)9-11-5-7-12(8-6-11)23-16(26)17-24-13-3-1-2-4-14(13)27-17/h1-8H,9-10H2,(H,22,25)(H,23,26). The quantitative estimate of drug-likeness (QED) is 0.693. The van der Waals surface area contributed by atoms with Crippen molar-refractivity contribution in [1.29, 1.82) is 0 Å². The highest BCUT2D eigenvalue weighted by atomic mass is 32.1. The van der Waals surface area contributed by atoms with Gasteiger partial charge in [-0.1, -0.05) is 24.3 Å². The van der Waals surface area contributed by atoms with E-state index in [0.717, 1.165) is 10.2 Å². The minimum Gasteiger partial charge on any atom is -0.347 e. The summed E-state index contributed by atoms with van der Waals surface area (Å²) < 4.78 is 37.1. The number of aromatic nitrogens is 1. The van der Waals surface area contributed by atoms with Crippen LogP contribution in [-0.2, 0) is 11.2 Å². The number of alkyl halides is 3. The van der Waals surface area contributed by atoms with Crippen LogP contribution in [0.2, 0.25) is 0 Å². The Morgan fingerprint density at radius 1 is 1.04 bits per heavy atom. The number of halogens is 3. The second-order valence-electron chi connectivity index (χ2n) is 5.71. The second-order valence-corrected chi connectivity index (χ2v) is 6.74. The van der Waals surface area contributed by atoms with E-state index in [-0.39, 0.29) is 12.3 Å². The lowest BCUT2D eigenvalue weighted by Crippen LogP contribution is -2.34. The largest absolute Gasteiger partial charge is 0.405 e. The summed E-state index contributed by atoms with van der Waals surface area (Å²) in [6.45, 7) is -1.36. The number of nitrogens with zero attached hydrogens (tertiary/aromatic N) is 1. The summed E-state index contributed by atoms with van der Waals surface area (Å²) in [7, 11) is 0. The SMILES string of the molecule is O=C(Cc1ccc(NC(=O)c2nc3ccccc3s2)cc1)NCC(F)(F)F. The molecule has 140 valence electrons. The van der Waals surface area contributed by atoms with Crippen LogP contribution in [0.4, 0.5) is 18.9 Å². The Morgan fingerprint density at radius 3 is 2.41 bits per heavy atom. The van der Waals surface area contributed by atoms with E-state index in [2.05, 4.69) is 10.3 Å². The second kappa shape index (κ2) is 7.75. The zero-order chi connectivity index (χ0) is 19.4. The Hall–Kier alpha value is -2.94. The smallest absolute Gasteiger partial charge is 0.347 e. The number of hydrogen-bond acceptors (Lipinski definition) is 4. The molecule has 2 aromatic carbocycles. The predicted molar refractivity (Wildman–Crippen MR) is 96.8 cm³/mol. The van der Waals surface area contributed by atoms with Gasteiger partial charge in [0.2, 0.25) is 5.91 Å². The van der Waals surface area contributed by atoms with Gasteiger partial charge in [0.25, 0.3) is 5.91 Å². The average molecular weight is 393 g/mol. The Kier molecular flexibility index (Phi) is 5.41. The Bertz CT molecular complexity index is 935. The monoisotopic (exact) mass is 393 g/mol. The molecule has 0 bridgehead atoms. The fourth-order valence-electron chi connectivity index (χ4n) is 2.31. The number of hydrogen-bond donors (Lipinski definition) is 2. The van der Waals surface area contributed by atoms with Gasteiger partial charge < -0.3 is 10.6 Å². The maximum atomic E-state index is 12.3. The summed E-state index contributed by atoms with van der Waals surface area (Å²) in [5.41, 5.74) is 1.78. The minimum atomic E-state index is -4.44. The summed E-state index contributed by atoms with van der Waals surface area (Å²) in [5.74, 6) is -1.08. The van der Waals surface area contributed by atoms with E-state index in [0.29, 0.717) is 16.3 Å². The molecule has 0 fully saturated rings. The van der Waals surface area contributed by atoms with E-state index in [9.17, 15) is 22.8 Å². The molecule has 0 unspecified atom stereocenters. The highest BCUT2D eigenvalue weighted by molar-refractivity contribution is 7.20. The molecule has 0 atom stereocenters. The number of nitrogens with one attached hydrogen (secondary N) is 2. The number of fused-ring (bicyclic) bond motifs is 1. The summed E-state index contributed by atoms with van der Waals surface area (Å²) in [6, 6.07) is 13.7. The van der Waals surface area contributed by atoms with E-state index in [1.54, 1.807) is 24.3 Å². The molecule has 5 nitrogen and oxygen atoms in total. The summed E-state index contributed by atoms with van der Waals surface area (Å²) in [4.78, 5) is 28.1. The first kappa shape index (κ1) is 18.8. The molecular weight excluding hydrogens is 379 g/mol. The fourth-order valence-corrected chi connectivity index (χ4v) is 3.17. The maximum absolute atomic E-state index is 12.3. The van der Waals surface area contributed by atoms with Crippen LogP contribution < -0.4 is 10.6 Å². The topological polar surface area (TPSA) is 71.1 Å². The van der Waals surface area contributed by atoms with Crippen molar-refractivity contribution in [1.82, 2.24) is 10.3 Å². The van der Waals surface area contributed by atoms with Crippen molar-refractivity contribution < 1.29 is 22.8 Å². The lowest BCUT2D eigenvalue weighted by molar-refractivity contribution is -0.138. The zero-order valence-corrected chi connectivity index (χ0v) is 14.7. The van der Waals surface area contributed by atoms with Crippen molar-refractivity contribution in [3.05, 3.63) is 59.1 Å². The van der Waals surface area contributed by atoms with Gasteiger partial charge in [-0.05, 0) is 29.8 Å². The predicted octanol–water partition coefficient (Wildman–Crippen LogP) is 3.77. The highest BCUT2D eigenvalue weighted by Crippen LogP contribution is 2.22. The molecule has 1 aromatic heterocycles. The van der Waals surface area contributed by atoms with Crippen LogP contribution in [0.3, 0.4) is 0 Å². The molecule has 9 heteroatoms. The number of amides is 2. The first-order valence-electron chi connectivity index (χ1n) is 7.89. The molecule has 0 saturated carbocycles. The van der Waals surface area contributed by atoms with Crippen molar-refractivity contribution in [3.63, 3.8) is 0 Å². The highest BCUT2D eigenvalue weighted by Gasteiger charge is 2.27. The average Bonchev–Trinajstić information content (AvgIpc) is 3.05. The van der Waals surface area contributed by atoms with Crippen molar-refractivity contribution in [3.8, 4) is 0 Å². The molecule has 0 aliphatic carbocycles. The van der Waals surface area contributed by atoms with Crippen LogP contribution in [0.25, 0.3) is 10.2 Å². The number of rotatable bonds is 5. The van der Waals surface area contributed by atoms with Gasteiger partial charge in [0.15, 0.2) is 5.01 Å². The number of para-hydroxylation sites is 1. The van der Waals surface area contributed by atoms with Gasteiger partial charge >= 0.3 is 6.18 Å². The van der Waals surface area contributed by atoms with Crippen LogP contribution in [0.15, 0.2) is 48.5 Å². The van der Waals surface area contributed by atoms with Gasteiger partial charge in [0.1, 0.15) is 6.54 Å². The number of anilines is 1. The number of carbonyl (C=O) groups is 2. The molecular formula is C18H14F3N3O2S. The van der Waals surface area contributed by atoms with Crippen molar-refractivity contribution in [2.24, 2.45) is 0 Å².